The molecule has 2 bridgehead atoms. The first kappa shape index (κ1) is 13.8. The number of carbonyl (C=O) groups is 2. The summed E-state index contributed by atoms with van der Waals surface area (Å²) >= 11 is 0. The van der Waals surface area contributed by atoms with Crippen LogP contribution in [0.15, 0.2) is 10.6 Å². The Morgan fingerprint density at radius 1 is 1.32 bits per heavy atom. The van der Waals surface area contributed by atoms with Gasteiger partial charge in [-0.2, -0.15) is 0 Å². The van der Waals surface area contributed by atoms with Gasteiger partial charge in [0.2, 0.25) is 5.91 Å². The molecule has 1 aromatic heterocycles. The van der Waals surface area contributed by atoms with Crippen molar-refractivity contribution in [2.45, 2.75) is 19.4 Å². The Kier molecular flexibility index (Phi) is 3.18. The van der Waals surface area contributed by atoms with Crippen LogP contribution in [0, 0.1) is 18.8 Å². The number of hydrogen-bond acceptors (Lipinski definition) is 5. The zero-order valence-corrected chi connectivity index (χ0v) is 12.5. The van der Waals surface area contributed by atoms with E-state index < -0.39 is 0 Å². The van der Waals surface area contributed by atoms with E-state index in [0.717, 1.165) is 6.42 Å². The average molecular weight is 305 g/mol. The molecule has 3 atom stereocenters. The Hall–Kier alpha value is -1.89. The standard InChI is InChI=1S/C15H19N3O4/c1-9-6-11(16-22-9)14(19)18-8-10-7-12(18)13(10)15(20)17-2-4-21-5-3-17/h6,10,12-13H,2-5,7-8H2,1H3/t10-,12-,13?/m1/s1. The molecular weight excluding hydrogens is 286 g/mol. The molecule has 7 heteroatoms. The SMILES string of the molecule is Cc1cc(C(=O)N2C[C@H]3C[C@@H]2C3C(=O)N2CCOCC2)no1. The minimum absolute atomic E-state index is 0.0184. The van der Waals surface area contributed by atoms with Crippen LogP contribution in [0.4, 0.5) is 0 Å². The maximum atomic E-state index is 12.6. The molecular formula is C15H19N3O4. The number of nitrogens with zero attached hydrogens (tertiary/aromatic N) is 3. The van der Waals surface area contributed by atoms with Crippen molar-refractivity contribution in [3.05, 3.63) is 17.5 Å². The van der Waals surface area contributed by atoms with Gasteiger partial charge in [0.15, 0.2) is 5.69 Å². The Morgan fingerprint density at radius 3 is 2.77 bits per heavy atom. The van der Waals surface area contributed by atoms with Crippen LogP contribution in [0.1, 0.15) is 22.7 Å². The highest BCUT2D eigenvalue weighted by molar-refractivity contribution is 5.94. The monoisotopic (exact) mass is 305 g/mol. The van der Waals surface area contributed by atoms with Gasteiger partial charge in [0.25, 0.3) is 5.91 Å². The van der Waals surface area contributed by atoms with Crippen LogP contribution in [0.25, 0.3) is 0 Å². The van der Waals surface area contributed by atoms with Crippen molar-refractivity contribution in [1.29, 1.82) is 0 Å². The first-order valence-electron chi connectivity index (χ1n) is 7.76. The van der Waals surface area contributed by atoms with E-state index in [2.05, 4.69) is 5.16 Å². The minimum atomic E-state index is -0.123. The van der Waals surface area contributed by atoms with Crippen molar-refractivity contribution in [3.8, 4) is 0 Å². The van der Waals surface area contributed by atoms with Crippen LogP contribution in [0.3, 0.4) is 0 Å². The Balaban J connectivity index is 1.46. The van der Waals surface area contributed by atoms with Crippen molar-refractivity contribution in [2.75, 3.05) is 32.8 Å². The maximum absolute atomic E-state index is 12.6. The summed E-state index contributed by atoms with van der Waals surface area (Å²) in [5.41, 5.74) is 0.336. The molecule has 1 aliphatic carbocycles. The van der Waals surface area contributed by atoms with Crippen molar-refractivity contribution in [2.24, 2.45) is 11.8 Å². The van der Waals surface area contributed by atoms with Crippen LogP contribution >= 0.6 is 0 Å². The predicted molar refractivity (Wildman–Crippen MR) is 75.1 cm³/mol. The largest absolute Gasteiger partial charge is 0.378 e. The highest BCUT2D eigenvalue weighted by Gasteiger charge is 2.57. The number of amides is 2. The summed E-state index contributed by atoms with van der Waals surface area (Å²) in [7, 11) is 0. The van der Waals surface area contributed by atoms with E-state index in [1.807, 2.05) is 4.90 Å². The minimum Gasteiger partial charge on any atom is -0.378 e. The third-order valence-corrected chi connectivity index (χ3v) is 5.01. The van der Waals surface area contributed by atoms with Crippen molar-refractivity contribution >= 4 is 11.8 Å². The number of hydrogen-bond donors (Lipinski definition) is 0. The first-order chi connectivity index (χ1) is 10.6. The molecule has 3 aliphatic heterocycles. The molecule has 1 aromatic rings. The number of rotatable bonds is 2. The Morgan fingerprint density at radius 2 is 2.09 bits per heavy atom. The average Bonchev–Trinajstić information content (AvgIpc) is 3.21. The summed E-state index contributed by atoms with van der Waals surface area (Å²) in [6.45, 7) is 4.94. The molecule has 1 saturated carbocycles. The second-order valence-corrected chi connectivity index (χ2v) is 6.31. The fourth-order valence-corrected chi connectivity index (χ4v) is 3.83. The van der Waals surface area contributed by atoms with E-state index >= 15 is 0 Å². The molecule has 1 unspecified atom stereocenters. The molecule has 0 spiro atoms. The number of carbonyl (C=O) groups excluding carboxylic acids is 2. The number of fused-ring (bicyclic) bond motifs is 1. The van der Waals surface area contributed by atoms with Crippen molar-refractivity contribution in [3.63, 3.8) is 0 Å². The van der Waals surface area contributed by atoms with Gasteiger partial charge in [0.1, 0.15) is 5.76 Å². The number of aryl methyl sites for hydroxylation is 1. The summed E-state index contributed by atoms with van der Waals surface area (Å²) in [6, 6.07) is 1.67. The fraction of sp³-hybridized carbons (Fsp3) is 0.667. The second-order valence-electron chi connectivity index (χ2n) is 6.31. The zero-order valence-electron chi connectivity index (χ0n) is 12.5. The molecule has 4 fully saturated rings. The lowest BCUT2D eigenvalue weighted by Crippen LogP contribution is -2.53. The lowest BCUT2D eigenvalue weighted by atomic mass is 9.73. The van der Waals surface area contributed by atoms with Gasteiger partial charge in [-0.25, -0.2) is 0 Å². The van der Waals surface area contributed by atoms with Gasteiger partial charge in [-0.1, -0.05) is 5.16 Å². The van der Waals surface area contributed by atoms with E-state index in [-0.39, 0.29) is 29.7 Å². The normalized spacial score (nSPS) is 30.3. The maximum Gasteiger partial charge on any atom is 0.276 e. The van der Waals surface area contributed by atoms with E-state index in [1.165, 1.54) is 0 Å². The van der Waals surface area contributed by atoms with Crippen LogP contribution in [-0.4, -0.2) is 65.7 Å². The summed E-state index contributed by atoms with van der Waals surface area (Å²) in [6.07, 6.45) is 0.920. The smallest absolute Gasteiger partial charge is 0.276 e. The number of ether oxygens (including phenoxy) is 1. The molecule has 118 valence electrons. The van der Waals surface area contributed by atoms with Crippen LogP contribution in [0.5, 0.6) is 0 Å². The van der Waals surface area contributed by atoms with E-state index in [1.54, 1.807) is 17.9 Å². The van der Waals surface area contributed by atoms with Gasteiger partial charge in [0, 0.05) is 31.7 Å². The van der Waals surface area contributed by atoms with E-state index in [0.29, 0.717) is 44.3 Å². The molecule has 0 aromatic carbocycles. The van der Waals surface area contributed by atoms with Gasteiger partial charge in [-0.3, -0.25) is 9.59 Å². The van der Waals surface area contributed by atoms with Gasteiger partial charge < -0.3 is 19.1 Å². The van der Waals surface area contributed by atoms with Crippen LogP contribution in [0.2, 0.25) is 0 Å². The molecule has 0 N–H and O–H groups in total. The third kappa shape index (κ3) is 2.03. The predicted octanol–water partition coefficient (Wildman–Crippen LogP) is 0.302. The number of aromatic nitrogens is 1. The van der Waals surface area contributed by atoms with Crippen molar-refractivity contribution < 1.29 is 18.8 Å². The summed E-state index contributed by atoms with van der Waals surface area (Å²) in [5.74, 6) is 0.918. The molecule has 4 aliphatic rings. The topological polar surface area (TPSA) is 75.9 Å². The zero-order chi connectivity index (χ0) is 15.3. The Labute approximate surface area is 128 Å². The van der Waals surface area contributed by atoms with E-state index in [9.17, 15) is 9.59 Å². The molecule has 2 amide bonds. The van der Waals surface area contributed by atoms with Gasteiger partial charge in [-0.05, 0) is 19.3 Å². The summed E-state index contributed by atoms with van der Waals surface area (Å²) < 4.78 is 10.3. The van der Waals surface area contributed by atoms with Gasteiger partial charge in [0.05, 0.1) is 19.1 Å². The quantitative estimate of drug-likeness (QED) is 0.785. The third-order valence-electron chi connectivity index (χ3n) is 5.01. The highest BCUT2D eigenvalue weighted by Crippen LogP contribution is 2.47. The summed E-state index contributed by atoms with van der Waals surface area (Å²) in [5, 5.41) is 3.79. The fourth-order valence-electron chi connectivity index (χ4n) is 3.83. The molecule has 4 heterocycles. The molecule has 7 nitrogen and oxygen atoms in total. The van der Waals surface area contributed by atoms with Crippen molar-refractivity contribution in [1.82, 2.24) is 15.0 Å². The molecule has 22 heavy (non-hydrogen) atoms. The molecule has 5 rings (SSSR count). The van der Waals surface area contributed by atoms with Gasteiger partial charge >= 0.3 is 0 Å². The first-order valence-corrected chi connectivity index (χ1v) is 7.76. The summed E-state index contributed by atoms with van der Waals surface area (Å²) in [4.78, 5) is 28.8. The van der Waals surface area contributed by atoms with Gasteiger partial charge in [-0.15, -0.1) is 0 Å². The van der Waals surface area contributed by atoms with Crippen LogP contribution in [-0.2, 0) is 9.53 Å². The Bertz CT molecular complexity index is 608. The lowest BCUT2D eigenvalue weighted by molar-refractivity contribution is -0.144. The van der Waals surface area contributed by atoms with E-state index in [4.69, 9.17) is 9.26 Å². The lowest BCUT2D eigenvalue weighted by Gasteiger charge is -2.39. The molecule has 0 radical (unpaired) electrons. The second kappa shape index (κ2) is 5.08. The highest BCUT2D eigenvalue weighted by atomic mass is 16.5. The molecule has 3 saturated heterocycles. The number of morpholine rings is 1. The van der Waals surface area contributed by atoms with Crippen LogP contribution < -0.4 is 0 Å².